The molecule has 2 rings (SSSR count). The van der Waals surface area contributed by atoms with Crippen molar-refractivity contribution in [3.8, 4) is 0 Å². The van der Waals surface area contributed by atoms with Crippen LogP contribution in [0.3, 0.4) is 0 Å². The molecule has 3 heteroatoms. The first-order valence-corrected chi connectivity index (χ1v) is 30.7. The monoisotopic (exact) mass is 993 g/mol. The Labute approximate surface area is 441 Å². The quantitative estimate of drug-likeness (QED) is 0.0273. The van der Waals surface area contributed by atoms with Gasteiger partial charge < -0.3 is 0 Å². The van der Waals surface area contributed by atoms with Gasteiger partial charge in [0.25, 0.3) is 0 Å². The van der Waals surface area contributed by atoms with E-state index in [0.717, 1.165) is 36.3 Å². The maximum absolute atomic E-state index is 5.26. The van der Waals surface area contributed by atoms with E-state index < -0.39 is 0 Å². The molecule has 69 heavy (non-hydrogen) atoms. The van der Waals surface area contributed by atoms with E-state index in [1.54, 1.807) is 0 Å². The molecule has 0 N–H and O–H groups in total. The smallest absolute Gasteiger partial charge is 0.0665 e. The van der Waals surface area contributed by atoms with Crippen molar-refractivity contribution in [2.24, 2.45) is 9.98 Å². The van der Waals surface area contributed by atoms with Crippen LogP contribution in [-0.2, 0) is 22.9 Å². The first-order chi connectivity index (χ1) is 33.8. The van der Waals surface area contributed by atoms with Crippen LogP contribution in [0.4, 0.5) is 11.4 Å². The molecule has 0 saturated heterocycles. The van der Waals surface area contributed by atoms with E-state index in [1.807, 2.05) is 6.21 Å². The molecular formula is C66H114N2Ni. The number of aliphatic imine (C=N–C) groups is 2. The Balaban J connectivity index is 0.0000238. The molecule has 2 aromatic rings. The standard InChI is InChI=1S/C66H114N2.Ni/c1-3-5-7-9-11-13-15-17-19-21-23-25-26-27-28-29-30-31-32-34-36-38-40-42-44-46-48-51-60-65(62-67-64-58-52-49-53-59-64)68-66-61-55-54-57-63(66)56-50-47-45-43-41-39-37-35-33-24-22-20-18-16-14-12-10-8-6-4-2;/h43,45,49,52-55,57-59,61-62H,3-42,44,46-48,50-51,56,60H2,1-2H3;/b45-43+,67-62?,68-65?;. The molecule has 0 saturated carbocycles. The van der Waals surface area contributed by atoms with Crippen LogP contribution in [0.1, 0.15) is 321 Å². The summed E-state index contributed by atoms with van der Waals surface area (Å²) >= 11 is 0. The van der Waals surface area contributed by atoms with E-state index in [0.29, 0.717) is 0 Å². The van der Waals surface area contributed by atoms with E-state index in [4.69, 9.17) is 9.98 Å². The number of hydrogen-bond acceptors (Lipinski definition) is 2. The third-order valence-corrected chi connectivity index (χ3v) is 14.6. The number of benzene rings is 2. The second-order valence-corrected chi connectivity index (χ2v) is 21.2. The summed E-state index contributed by atoms with van der Waals surface area (Å²) in [5, 5.41) is 0. The summed E-state index contributed by atoms with van der Waals surface area (Å²) in [5.74, 6) is 0. The van der Waals surface area contributed by atoms with E-state index in [-0.39, 0.29) is 16.5 Å². The first-order valence-electron chi connectivity index (χ1n) is 30.7. The molecule has 0 spiro atoms. The van der Waals surface area contributed by atoms with Crippen LogP contribution in [0.2, 0.25) is 0 Å². The van der Waals surface area contributed by atoms with Crippen molar-refractivity contribution in [3.63, 3.8) is 0 Å². The topological polar surface area (TPSA) is 24.7 Å². The van der Waals surface area contributed by atoms with Gasteiger partial charge in [0.2, 0.25) is 0 Å². The van der Waals surface area contributed by atoms with Gasteiger partial charge in [-0.3, -0.25) is 9.98 Å². The fraction of sp³-hybridized carbons (Fsp3) is 0.758. The molecule has 0 amide bonds. The number of rotatable bonds is 52. The summed E-state index contributed by atoms with van der Waals surface area (Å²) in [7, 11) is 0. The summed E-state index contributed by atoms with van der Waals surface area (Å²) in [6.45, 7) is 4.62. The van der Waals surface area contributed by atoms with Gasteiger partial charge in [-0.2, -0.15) is 0 Å². The number of unbranched alkanes of at least 4 members (excludes halogenated alkanes) is 43. The molecule has 0 fully saturated rings. The summed E-state index contributed by atoms with van der Waals surface area (Å²) < 4.78 is 0. The summed E-state index contributed by atoms with van der Waals surface area (Å²) in [4.78, 5) is 10.1. The van der Waals surface area contributed by atoms with Gasteiger partial charge in [-0.05, 0) is 68.7 Å². The summed E-state index contributed by atoms with van der Waals surface area (Å²) in [5.41, 5.74) is 4.60. The Morgan fingerprint density at radius 3 is 1.06 bits per heavy atom. The van der Waals surface area contributed by atoms with Crippen molar-refractivity contribution in [2.75, 3.05) is 0 Å². The van der Waals surface area contributed by atoms with Gasteiger partial charge in [0.05, 0.1) is 17.1 Å². The average Bonchev–Trinajstić information content (AvgIpc) is 3.36. The number of hydrogen-bond donors (Lipinski definition) is 0. The SMILES string of the molecule is CCCCCCCCCCCCCCCCC/C=C/CCCc1ccccc1N=C(C=Nc1ccccc1)CCCCCCCCCCCCCCCCCCCCCCCCCCCCCC.[Ni]. The van der Waals surface area contributed by atoms with E-state index in [2.05, 4.69) is 80.6 Å². The van der Waals surface area contributed by atoms with E-state index in [1.165, 1.54) is 295 Å². The number of nitrogens with zero attached hydrogens (tertiary/aromatic N) is 2. The predicted octanol–water partition coefficient (Wildman–Crippen LogP) is 23.6. The fourth-order valence-electron chi connectivity index (χ4n) is 10.1. The van der Waals surface area contributed by atoms with E-state index >= 15 is 0 Å². The number of allylic oxidation sites excluding steroid dienone is 2. The van der Waals surface area contributed by atoms with Gasteiger partial charge in [-0.25, -0.2) is 0 Å². The van der Waals surface area contributed by atoms with E-state index in [9.17, 15) is 0 Å². The maximum atomic E-state index is 5.26. The average molecular weight is 994 g/mol. The Morgan fingerprint density at radius 1 is 0.348 bits per heavy atom. The van der Waals surface area contributed by atoms with Gasteiger partial charge in [0.15, 0.2) is 0 Å². The minimum atomic E-state index is 0. The second-order valence-electron chi connectivity index (χ2n) is 21.2. The zero-order valence-electron chi connectivity index (χ0n) is 46.1. The molecule has 398 valence electrons. The van der Waals surface area contributed by atoms with Crippen molar-refractivity contribution in [1.82, 2.24) is 0 Å². The van der Waals surface area contributed by atoms with Gasteiger partial charge in [0, 0.05) is 22.7 Å². The van der Waals surface area contributed by atoms with Gasteiger partial charge in [0.1, 0.15) is 0 Å². The molecule has 2 nitrogen and oxygen atoms in total. The summed E-state index contributed by atoms with van der Waals surface area (Å²) in [6.07, 6.45) is 74.2. The first kappa shape index (κ1) is 65.0. The minimum Gasteiger partial charge on any atom is -0.255 e. The molecule has 0 unspecified atom stereocenters. The molecular weight excluding hydrogens is 879 g/mol. The zero-order chi connectivity index (χ0) is 48.2. The van der Waals surface area contributed by atoms with Crippen LogP contribution in [0, 0.1) is 0 Å². The largest absolute Gasteiger partial charge is 0.255 e. The Bertz CT molecular complexity index is 1400. The molecule has 0 aliphatic rings. The van der Waals surface area contributed by atoms with Crippen LogP contribution >= 0.6 is 0 Å². The molecule has 0 aliphatic carbocycles. The maximum Gasteiger partial charge on any atom is 0.0665 e. The second kappa shape index (κ2) is 53.8. The third kappa shape index (κ3) is 44.4. The van der Waals surface area contributed by atoms with Crippen LogP contribution < -0.4 is 0 Å². The van der Waals surface area contributed by atoms with Crippen molar-refractivity contribution in [3.05, 3.63) is 72.3 Å². The number of aryl methyl sites for hydroxylation is 1. The van der Waals surface area contributed by atoms with Crippen molar-refractivity contribution in [1.29, 1.82) is 0 Å². The molecule has 0 atom stereocenters. The minimum absolute atomic E-state index is 0. The summed E-state index contributed by atoms with van der Waals surface area (Å²) in [6, 6.07) is 19.2. The molecule has 0 bridgehead atoms. The normalized spacial score (nSPS) is 11.9. The molecule has 0 radical (unpaired) electrons. The van der Waals surface area contributed by atoms with Gasteiger partial charge in [-0.1, -0.05) is 326 Å². The predicted molar refractivity (Wildman–Crippen MR) is 309 cm³/mol. The fourth-order valence-corrected chi connectivity index (χ4v) is 10.1. The van der Waals surface area contributed by atoms with Crippen LogP contribution in [-0.4, -0.2) is 11.9 Å². The van der Waals surface area contributed by atoms with Crippen LogP contribution in [0.15, 0.2) is 76.7 Å². The zero-order valence-corrected chi connectivity index (χ0v) is 47.1. The van der Waals surface area contributed by atoms with Crippen LogP contribution in [0.5, 0.6) is 0 Å². The third-order valence-electron chi connectivity index (χ3n) is 14.6. The Morgan fingerprint density at radius 2 is 0.667 bits per heavy atom. The number of para-hydroxylation sites is 2. The molecule has 0 aromatic heterocycles. The Hall–Kier alpha value is -1.99. The van der Waals surface area contributed by atoms with Crippen LogP contribution in [0.25, 0.3) is 0 Å². The molecule has 0 heterocycles. The molecule has 2 aromatic carbocycles. The van der Waals surface area contributed by atoms with Crippen molar-refractivity contribution >= 4 is 23.3 Å². The van der Waals surface area contributed by atoms with Crippen molar-refractivity contribution < 1.29 is 16.5 Å². The van der Waals surface area contributed by atoms with Gasteiger partial charge >= 0.3 is 0 Å². The Kier molecular flexibility index (Phi) is 50.7. The van der Waals surface area contributed by atoms with Gasteiger partial charge in [-0.15, -0.1) is 0 Å². The molecule has 0 aliphatic heterocycles. The van der Waals surface area contributed by atoms with Crippen molar-refractivity contribution in [2.45, 2.75) is 322 Å².